The lowest BCUT2D eigenvalue weighted by Crippen LogP contribution is -2.04. The van der Waals surface area contributed by atoms with E-state index >= 15 is 0 Å². The summed E-state index contributed by atoms with van der Waals surface area (Å²) in [7, 11) is 0. The minimum atomic E-state index is -0.0122. The molecule has 4 nitrogen and oxygen atoms in total. The molecule has 16 heavy (non-hydrogen) atoms. The highest BCUT2D eigenvalue weighted by Crippen LogP contribution is 2.32. The summed E-state index contributed by atoms with van der Waals surface area (Å²) in [6.45, 7) is 1.93. The van der Waals surface area contributed by atoms with Crippen LogP contribution >= 0.6 is 23.4 Å². The fourth-order valence-corrected chi connectivity index (χ4v) is 2.23. The molecule has 0 radical (unpaired) electrons. The largest absolute Gasteiger partial charge is 0.324 e. The molecule has 0 amide bonds. The van der Waals surface area contributed by atoms with E-state index in [4.69, 9.17) is 17.3 Å². The average molecular weight is 255 g/mol. The summed E-state index contributed by atoms with van der Waals surface area (Å²) in [5, 5.41) is 7.94. The molecule has 6 heteroatoms. The van der Waals surface area contributed by atoms with E-state index in [0.29, 0.717) is 5.02 Å². The van der Waals surface area contributed by atoms with Crippen LogP contribution in [0.15, 0.2) is 34.6 Å². The van der Waals surface area contributed by atoms with Gasteiger partial charge in [0.2, 0.25) is 0 Å². The zero-order valence-electron chi connectivity index (χ0n) is 8.64. The van der Waals surface area contributed by atoms with Gasteiger partial charge in [-0.2, -0.15) is 5.10 Å². The number of hydrogen-bond donors (Lipinski definition) is 2. The van der Waals surface area contributed by atoms with Crippen molar-refractivity contribution in [1.82, 2.24) is 15.2 Å². The van der Waals surface area contributed by atoms with Gasteiger partial charge >= 0.3 is 0 Å². The van der Waals surface area contributed by atoms with Gasteiger partial charge in [-0.3, -0.25) is 5.10 Å². The summed E-state index contributed by atoms with van der Waals surface area (Å²) in [5.41, 5.74) is 6.80. The molecule has 2 aromatic rings. The van der Waals surface area contributed by atoms with Crippen molar-refractivity contribution in [2.45, 2.75) is 23.0 Å². The third-order valence-corrected chi connectivity index (χ3v) is 3.47. The Morgan fingerprint density at radius 3 is 2.88 bits per heavy atom. The van der Waals surface area contributed by atoms with Gasteiger partial charge in [0.25, 0.3) is 0 Å². The Labute approximate surface area is 103 Å². The molecule has 1 aromatic carbocycles. The Balaban J connectivity index is 2.23. The molecule has 0 unspecified atom stereocenters. The van der Waals surface area contributed by atoms with Crippen LogP contribution in [0.5, 0.6) is 0 Å². The van der Waals surface area contributed by atoms with Gasteiger partial charge in [0, 0.05) is 10.9 Å². The molecule has 3 N–H and O–H groups in total. The van der Waals surface area contributed by atoms with Crippen LogP contribution in [-0.4, -0.2) is 15.2 Å². The Morgan fingerprint density at radius 1 is 1.50 bits per heavy atom. The average Bonchev–Trinajstić information content (AvgIpc) is 2.73. The summed E-state index contributed by atoms with van der Waals surface area (Å²) >= 11 is 7.59. The molecular weight excluding hydrogens is 244 g/mol. The number of aromatic amines is 1. The number of rotatable bonds is 3. The number of benzene rings is 1. The molecule has 0 aliphatic rings. The second kappa shape index (κ2) is 4.86. The van der Waals surface area contributed by atoms with Crippen molar-refractivity contribution in [3.8, 4) is 0 Å². The number of hydrogen-bond acceptors (Lipinski definition) is 4. The standard InChI is InChI=1S/C10H11ClN4S/c1-6(12)7-2-3-9(8(11)4-7)16-10-13-5-14-15-10/h2-6H,12H2,1H3,(H,13,14,15)/t6-/m1/s1. The van der Waals surface area contributed by atoms with Crippen molar-refractivity contribution in [3.63, 3.8) is 0 Å². The molecule has 0 fully saturated rings. The molecule has 0 bridgehead atoms. The van der Waals surface area contributed by atoms with E-state index in [1.54, 1.807) is 0 Å². The van der Waals surface area contributed by atoms with Crippen molar-refractivity contribution < 1.29 is 0 Å². The lowest BCUT2D eigenvalue weighted by Gasteiger charge is -2.08. The van der Waals surface area contributed by atoms with Crippen molar-refractivity contribution >= 4 is 23.4 Å². The predicted molar refractivity (Wildman–Crippen MR) is 64.6 cm³/mol. The Morgan fingerprint density at radius 2 is 2.31 bits per heavy atom. The van der Waals surface area contributed by atoms with E-state index in [1.165, 1.54) is 18.1 Å². The van der Waals surface area contributed by atoms with E-state index in [9.17, 15) is 0 Å². The maximum Gasteiger partial charge on any atom is 0.188 e. The van der Waals surface area contributed by atoms with Gasteiger partial charge in [0.1, 0.15) is 6.33 Å². The SMILES string of the molecule is C[C@@H](N)c1ccc(Sc2ncn[nH]2)c(Cl)c1. The molecule has 0 aliphatic carbocycles. The zero-order valence-corrected chi connectivity index (χ0v) is 10.2. The monoisotopic (exact) mass is 254 g/mol. The smallest absolute Gasteiger partial charge is 0.188 e. The van der Waals surface area contributed by atoms with Gasteiger partial charge in [-0.05, 0) is 36.4 Å². The van der Waals surface area contributed by atoms with E-state index in [-0.39, 0.29) is 6.04 Å². The highest BCUT2D eigenvalue weighted by atomic mass is 35.5. The zero-order chi connectivity index (χ0) is 11.5. The third kappa shape index (κ3) is 2.55. The number of aromatic nitrogens is 3. The Hall–Kier alpha value is -1.04. The topological polar surface area (TPSA) is 67.6 Å². The van der Waals surface area contributed by atoms with Crippen molar-refractivity contribution in [2.24, 2.45) is 5.73 Å². The van der Waals surface area contributed by atoms with Gasteiger partial charge in [-0.15, -0.1) is 0 Å². The van der Waals surface area contributed by atoms with Crippen molar-refractivity contribution in [1.29, 1.82) is 0 Å². The molecule has 0 spiro atoms. The van der Waals surface area contributed by atoms with E-state index < -0.39 is 0 Å². The molecule has 0 saturated heterocycles. The first kappa shape index (κ1) is 11.4. The minimum absolute atomic E-state index is 0.0122. The van der Waals surface area contributed by atoms with Crippen LogP contribution in [0.25, 0.3) is 0 Å². The van der Waals surface area contributed by atoms with Crippen LogP contribution in [-0.2, 0) is 0 Å². The second-order valence-electron chi connectivity index (χ2n) is 3.37. The van der Waals surface area contributed by atoms with Crippen LogP contribution in [0.2, 0.25) is 5.02 Å². The van der Waals surface area contributed by atoms with Crippen LogP contribution < -0.4 is 5.73 Å². The Bertz CT molecular complexity index is 470. The van der Waals surface area contributed by atoms with Gasteiger partial charge in [0.15, 0.2) is 5.16 Å². The van der Waals surface area contributed by atoms with E-state index in [0.717, 1.165) is 15.6 Å². The van der Waals surface area contributed by atoms with Gasteiger partial charge < -0.3 is 5.73 Å². The summed E-state index contributed by atoms with van der Waals surface area (Å²) in [6, 6.07) is 5.77. The minimum Gasteiger partial charge on any atom is -0.324 e. The first-order valence-corrected chi connectivity index (χ1v) is 5.94. The van der Waals surface area contributed by atoms with Crippen LogP contribution in [0, 0.1) is 0 Å². The molecule has 84 valence electrons. The van der Waals surface area contributed by atoms with Crippen molar-refractivity contribution in [3.05, 3.63) is 35.1 Å². The summed E-state index contributed by atoms with van der Waals surface area (Å²) in [4.78, 5) is 4.96. The number of nitrogens with two attached hydrogens (primary N) is 1. The quantitative estimate of drug-likeness (QED) is 0.884. The summed E-state index contributed by atoms with van der Waals surface area (Å²) < 4.78 is 0. The van der Waals surface area contributed by atoms with Crippen LogP contribution in [0.1, 0.15) is 18.5 Å². The molecule has 0 saturated carbocycles. The van der Waals surface area contributed by atoms with E-state index in [2.05, 4.69) is 15.2 Å². The number of halogens is 1. The highest BCUT2D eigenvalue weighted by molar-refractivity contribution is 7.99. The lowest BCUT2D eigenvalue weighted by molar-refractivity contribution is 0.817. The maximum absolute atomic E-state index is 6.15. The fourth-order valence-electron chi connectivity index (χ4n) is 1.23. The summed E-state index contributed by atoms with van der Waals surface area (Å²) in [5.74, 6) is 0. The number of H-pyrrole nitrogens is 1. The first-order chi connectivity index (χ1) is 7.66. The summed E-state index contributed by atoms with van der Waals surface area (Å²) in [6.07, 6.45) is 1.46. The molecule has 0 aliphatic heterocycles. The third-order valence-electron chi connectivity index (χ3n) is 2.08. The second-order valence-corrected chi connectivity index (χ2v) is 4.81. The fraction of sp³-hybridized carbons (Fsp3) is 0.200. The normalized spacial score (nSPS) is 12.7. The van der Waals surface area contributed by atoms with Crippen LogP contribution in [0.4, 0.5) is 0 Å². The maximum atomic E-state index is 6.15. The van der Waals surface area contributed by atoms with Gasteiger partial charge in [-0.1, -0.05) is 17.7 Å². The molecule has 1 atom stereocenters. The number of nitrogens with one attached hydrogen (secondary N) is 1. The number of nitrogens with zero attached hydrogens (tertiary/aromatic N) is 2. The highest BCUT2D eigenvalue weighted by Gasteiger charge is 2.07. The first-order valence-electron chi connectivity index (χ1n) is 4.75. The molecule has 1 aromatic heterocycles. The van der Waals surface area contributed by atoms with Gasteiger partial charge in [0.05, 0.1) is 5.02 Å². The lowest BCUT2D eigenvalue weighted by atomic mass is 10.1. The predicted octanol–water partition coefficient (Wildman–Crippen LogP) is 2.63. The van der Waals surface area contributed by atoms with Crippen LogP contribution in [0.3, 0.4) is 0 Å². The molecular formula is C10H11ClN4S. The molecule has 1 heterocycles. The van der Waals surface area contributed by atoms with Gasteiger partial charge in [-0.25, -0.2) is 4.98 Å². The van der Waals surface area contributed by atoms with E-state index in [1.807, 2.05) is 25.1 Å². The molecule has 2 rings (SSSR count). The van der Waals surface area contributed by atoms with Crippen molar-refractivity contribution in [2.75, 3.05) is 0 Å². The Kier molecular flexibility index (Phi) is 3.48.